The number of nitrogens with one attached hydrogen (secondary N) is 1. The summed E-state index contributed by atoms with van der Waals surface area (Å²) in [7, 11) is 0. The Morgan fingerprint density at radius 3 is 2.90 bits per heavy atom. The van der Waals surface area contributed by atoms with Gasteiger partial charge >= 0.3 is 0 Å². The van der Waals surface area contributed by atoms with Crippen LogP contribution in [0.2, 0.25) is 0 Å². The highest BCUT2D eigenvalue weighted by Gasteiger charge is 2.33. The lowest BCUT2D eigenvalue weighted by atomic mass is 9.90. The van der Waals surface area contributed by atoms with Gasteiger partial charge in [0.25, 0.3) is 0 Å². The lowest BCUT2D eigenvalue weighted by Crippen LogP contribution is -2.39. The van der Waals surface area contributed by atoms with Gasteiger partial charge < -0.3 is 14.6 Å². The zero-order valence-corrected chi connectivity index (χ0v) is 12.0. The number of aromatic nitrogens is 2. The van der Waals surface area contributed by atoms with E-state index in [1.165, 1.54) is 5.56 Å². The van der Waals surface area contributed by atoms with E-state index in [9.17, 15) is 0 Å². The van der Waals surface area contributed by atoms with E-state index in [2.05, 4.69) is 35.4 Å². The van der Waals surface area contributed by atoms with Gasteiger partial charge in [0.05, 0.1) is 6.54 Å². The summed E-state index contributed by atoms with van der Waals surface area (Å²) >= 11 is 0. The van der Waals surface area contributed by atoms with Crippen LogP contribution in [-0.2, 0) is 6.54 Å². The molecule has 3 rings (SSSR count). The highest BCUT2D eigenvalue weighted by atomic mass is 16.5. The normalized spacial score (nSPS) is 20.2. The van der Waals surface area contributed by atoms with Gasteiger partial charge in [-0.3, -0.25) is 0 Å². The molecule has 0 saturated carbocycles. The molecule has 0 bridgehead atoms. The van der Waals surface area contributed by atoms with Crippen molar-refractivity contribution in [3.8, 4) is 5.75 Å². The molecule has 1 unspecified atom stereocenters. The summed E-state index contributed by atoms with van der Waals surface area (Å²) in [5.74, 6) is 2.23. The highest BCUT2D eigenvalue weighted by molar-refractivity contribution is 5.38. The Labute approximate surface area is 118 Å². The van der Waals surface area contributed by atoms with Crippen LogP contribution in [0.1, 0.15) is 43.6 Å². The average molecular weight is 273 g/mol. The van der Waals surface area contributed by atoms with Crippen LogP contribution in [0.5, 0.6) is 5.75 Å². The number of para-hydroxylation sites is 1. The molecule has 1 aromatic carbocycles. The monoisotopic (exact) mass is 273 g/mol. The fraction of sp³-hybridized carbons (Fsp3) is 0.467. The average Bonchev–Trinajstić information content (AvgIpc) is 2.80. The molecule has 1 N–H and O–H groups in total. The van der Waals surface area contributed by atoms with Crippen LogP contribution in [0.4, 0.5) is 0 Å². The molecule has 1 aliphatic heterocycles. The van der Waals surface area contributed by atoms with Crippen LogP contribution in [0, 0.1) is 6.92 Å². The van der Waals surface area contributed by atoms with Gasteiger partial charge in [-0.2, -0.15) is 4.98 Å². The minimum atomic E-state index is -0.181. The number of nitrogens with zero attached hydrogens (tertiary/aromatic N) is 2. The summed E-state index contributed by atoms with van der Waals surface area (Å²) in [5, 5.41) is 7.41. The molecule has 20 heavy (non-hydrogen) atoms. The van der Waals surface area contributed by atoms with Crippen molar-refractivity contribution in [2.75, 3.05) is 0 Å². The van der Waals surface area contributed by atoms with Crippen LogP contribution in [0.15, 0.2) is 28.8 Å². The summed E-state index contributed by atoms with van der Waals surface area (Å²) in [6, 6.07) is 8.38. The third kappa shape index (κ3) is 2.67. The molecule has 0 radical (unpaired) electrons. The standard InChI is InChI=1S/C15H19N3O2/c1-10-17-14(18-20-10)9-16-12-8-15(2,3)19-13-7-5-4-6-11(12)13/h4-7,12,16H,8-9H2,1-3H3. The van der Waals surface area contributed by atoms with Crippen molar-refractivity contribution in [1.29, 1.82) is 0 Å². The number of rotatable bonds is 3. The SMILES string of the molecule is Cc1nc(CNC2CC(C)(C)Oc3ccccc32)no1. The molecule has 5 nitrogen and oxygen atoms in total. The van der Waals surface area contributed by atoms with Gasteiger partial charge in [0.1, 0.15) is 11.4 Å². The second-order valence-corrected chi connectivity index (χ2v) is 5.77. The molecule has 0 saturated heterocycles. The highest BCUT2D eigenvalue weighted by Crippen LogP contribution is 2.39. The molecule has 1 aliphatic rings. The van der Waals surface area contributed by atoms with Crippen LogP contribution >= 0.6 is 0 Å². The van der Waals surface area contributed by atoms with Crippen molar-refractivity contribution in [2.45, 2.75) is 45.4 Å². The van der Waals surface area contributed by atoms with Gasteiger partial charge in [-0.25, -0.2) is 0 Å². The minimum absolute atomic E-state index is 0.181. The number of hydrogen-bond acceptors (Lipinski definition) is 5. The van der Waals surface area contributed by atoms with Crippen molar-refractivity contribution in [1.82, 2.24) is 15.5 Å². The molecule has 106 valence electrons. The summed E-state index contributed by atoms with van der Waals surface area (Å²) in [6.07, 6.45) is 0.904. The molecule has 0 aliphatic carbocycles. The Morgan fingerprint density at radius 2 is 2.15 bits per heavy atom. The molecular weight excluding hydrogens is 254 g/mol. The Balaban J connectivity index is 1.78. The van der Waals surface area contributed by atoms with E-state index in [0.717, 1.165) is 12.2 Å². The van der Waals surface area contributed by atoms with Gasteiger partial charge in [-0.05, 0) is 19.9 Å². The van der Waals surface area contributed by atoms with Crippen molar-refractivity contribution < 1.29 is 9.26 Å². The number of fused-ring (bicyclic) bond motifs is 1. The number of aryl methyl sites for hydroxylation is 1. The van der Waals surface area contributed by atoms with E-state index in [-0.39, 0.29) is 11.6 Å². The maximum absolute atomic E-state index is 6.02. The Bertz CT molecular complexity index is 607. The zero-order valence-electron chi connectivity index (χ0n) is 12.0. The molecule has 0 amide bonds. The summed E-state index contributed by atoms with van der Waals surface area (Å²) in [4.78, 5) is 4.22. The van der Waals surface area contributed by atoms with Crippen molar-refractivity contribution in [2.24, 2.45) is 0 Å². The maximum Gasteiger partial charge on any atom is 0.223 e. The topological polar surface area (TPSA) is 60.2 Å². The van der Waals surface area contributed by atoms with Crippen molar-refractivity contribution >= 4 is 0 Å². The van der Waals surface area contributed by atoms with Gasteiger partial charge in [-0.1, -0.05) is 23.4 Å². The molecule has 0 spiro atoms. The van der Waals surface area contributed by atoms with E-state index in [1.807, 2.05) is 18.2 Å². The largest absolute Gasteiger partial charge is 0.487 e. The number of benzene rings is 1. The second kappa shape index (κ2) is 4.90. The van der Waals surface area contributed by atoms with Crippen LogP contribution in [0.3, 0.4) is 0 Å². The van der Waals surface area contributed by atoms with E-state index < -0.39 is 0 Å². The zero-order chi connectivity index (χ0) is 14.2. The van der Waals surface area contributed by atoms with Gasteiger partial charge in [0, 0.05) is 24.9 Å². The Hall–Kier alpha value is -1.88. The molecule has 1 atom stereocenters. The number of ether oxygens (including phenoxy) is 1. The molecular formula is C15H19N3O2. The number of hydrogen-bond donors (Lipinski definition) is 1. The van der Waals surface area contributed by atoms with Crippen LogP contribution in [-0.4, -0.2) is 15.7 Å². The molecule has 2 aromatic rings. The third-order valence-electron chi connectivity index (χ3n) is 3.45. The first kappa shape index (κ1) is 13.1. The first-order chi connectivity index (χ1) is 9.53. The van der Waals surface area contributed by atoms with Crippen molar-refractivity contribution in [3.63, 3.8) is 0 Å². The predicted molar refractivity (Wildman–Crippen MR) is 74.4 cm³/mol. The predicted octanol–water partition coefficient (Wildman–Crippen LogP) is 2.77. The summed E-state index contributed by atoms with van der Waals surface area (Å²) in [6.45, 7) is 6.60. The van der Waals surface area contributed by atoms with Gasteiger partial charge in [0.15, 0.2) is 5.82 Å². The van der Waals surface area contributed by atoms with Crippen molar-refractivity contribution in [3.05, 3.63) is 41.5 Å². The Morgan fingerprint density at radius 1 is 1.35 bits per heavy atom. The molecule has 2 heterocycles. The second-order valence-electron chi connectivity index (χ2n) is 5.77. The van der Waals surface area contributed by atoms with E-state index >= 15 is 0 Å². The van der Waals surface area contributed by atoms with Gasteiger partial charge in [0.2, 0.25) is 5.89 Å². The van der Waals surface area contributed by atoms with E-state index in [0.29, 0.717) is 18.3 Å². The van der Waals surface area contributed by atoms with Crippen LogP contribution < -0.4 is 10.1 Å². The fourth-order valence-corrected chi connectivity index (χ4v) is 2.61. The minimum Gasteiger partial charge on any atom is -0.487 e. The summed E-state index contributed by atoms with van der Waals surface area (Å²) < 4.78 is 11.0. The Kier molecular flexibility index (Phi) is 3.22. The molecule has 0 fully saturated rings. The fourth-order valence-electron chi connectivity index (χ4n) is 2.61. The first-order valence-corrected chi connectivity index (χ1v) is 6.84. The summed E-state index contributed by atoms with van der Waals surface area (Å²) in [5.41, 5.74) is 1.01. The molecule has 5 heteroatoms. The van der Waals surface area contributed by atoms with E-state index in [1.54, 1.807) is 6.92 Å². The third-order valence-corrected chi connectivity index (χ3v) is 3.45. The quantitative estimate of drug-likeness (QED) is 0.931. The lowest BCUT2D eigenvalue weighted by Gasteiger charge is -2.37. The maximum atomic E-state index is 6.02. The lowest BCUT2D eigenvalue weighted by molar-refractivity contribution is 0.0655. The smallest absolute Gasteiger partial charge is 0.223 e. The first-order valence-electron chi connectivity index (χ1n) is 6.84. The van der Waals surface area contributed by atoms with E-state index in [4.69, 9.17) is 9.26 Å². The van der Waals surface area contributed by atoms with Gasteiger partial charge in [-0.15, -0.1) is 0 Å². The molecule has 1 aromatic heterocycles. The van der Waals surface area contributed by atoms with Crippen LogP contribution in [0.25, 0.3) is 0 Å².